The van der Waals surface area contributed by atoms with E-state index < -0.39 is 0 Å². The van der Waals surface area contributed by atoms with Crippen molar-refractivity contribution in [2.45, 2.75) is 38.5 Å². The maximum absolute atomic E-state index is 12.5. The molecule has 0 saturated carbocycles. The zero-order chi connectivity index (χ0) is 20.6. The van der Waals surface area contributed by atoms with Crippen LogP contribution in [-0.4, -0.2) is 51.0 Å². The number of hydrogen-bond donors (Lipinski definition) is 1. The van der Waals surface area contributed by atoms with Gasteiger partial charge in [-0.1, -0.05) is 31.7 Å². The Morgan fingerprint density at radius 3 is 2.72 bits per heavy atom. The summed E-state index contributed by atoms with van der Waals surface area (Å²) < 4.78 is 7.64. The number of thiophene rings is 1. The van der Waals surface area contributed by atoms with E-state index in [9.17, 15) is 4.79 Å². The molecule has 0 aromatic carbocycles. The SMILES string of the molecule is CCN(CC)C(CNC(=O)CSc1nnc(-c2cccs2)n1CC)c1ccco1. The van der Waals surface area contributed by atoms with Gasteiger partial charge < -0.3 is 14.3 Å². The second-order valence-electron chi connectivity index (χ2n) is 6.37. The molecule has 1 N–H and O–H groups in total. The van der Waals surface area contributed by atoms with Crippen molar-refractivity contribution in [1.82, 2.24) is 25.0 Å². The normalized spacial score (nSPS) is 12.4. The topological polar surface area (TPSA) is 76.2 Å². The van der Waals surface area contributed by atoms with Crippen LogP contribution < -0.4 is 5.32 Å². The minimum absolute atomic E-state index is 0.0259. The van der Waals surface area contributed by atoms with Gasteiger partial charge in [-0.15, -0.1) is 21.5 Å². The first-order valence-corrected chi connectivity index (χ1v) is 11.7. The summed E-state index contributed by atoms with van der Waals surface area (Å²) in [5.41, 5.74) is 0. The van der Waals surface area contributed by atoms with Gasteiger partial charge in [0.25, 0.3) is 0 Å². The lowest BCUT2D eigenvalue weighted by Gasteiger charge is -2.28. The Bertz CT molecular complexity index is 873. The van der Waals surface area contributed by atoms with Crippen LogP contribution in [0.3, 0.4) is 0 Å². The summed E-state index contributed by atoms with van der Waals surface area (Å²) in [5.74, 6) is 1.99. The Hall–Kier alpha value is -2.10. The Kier molecular flexibility index (Phi) is 7.91. The summed E-state index contributed by atoms with van der Waals surface area (Å²) in [6, 6.07) is 7.90. The van der Waals surface area contributed by atoms with Crippen LogP contribution in [0.15, 0.2) is 45.5 Å². The van der Waals surface area contributed by atoms with E-state index in [1.165, 1.54) is 11.8 Å². The van der Waals surface area contributed by atoms with Crippen molar-refractivity contribution in [3.05, 3.63) is 41.7 Å². The van der Waals surface area contributed by atoms with E-state index in [2.05, 4.69) is 41.2 Å². The van der Waals surface area contributed by atoms with Gasteiger partial charge in [-0.2, -0.15) is 0 Å². The molecule has 0 spiro atoms. The third-order valence-corrected chi connectivity index (χ3v) is 6.56. The maximum Gasteiger partial charge on any atom is 0.230 e. The van der Waals surface area contributed by atoms with Crippen molar-refractivity contribution in [3.63, 3.8) is 0 Å². The molecule has 0 saturated heterocycles. The zero-order valence-electron chi connectivity index (χ0n) is 17.0. The smallest absolute Gasteiger partial charge is 0.230 e. The molecule has 0 radical (unpaired) electrons. The number of amides is 1. The number of rotatable bonds is 11. The van der Waals surface area contributed by atoms with Crippen molar-refractivity contribution < 1.29 is 9.21 Å². The van der Waals surface area contributed by atoms with Gasteiger partial charge in [0.1, 0.15) is 5.76 Å². The molecule has 0 fully saturated rings. The molecule has 9 heteroatoms. The largest absolute Gasteiger partial charge is 0.468 e. The highest BCUT2D eigenvalue weighted by atomic mass is 32.2. The summed E-state index contributed by atoms with van der Waals surface area (Å²) in [7, 11) is 0. The lowest BCUT2D eigenvalue weighted by atomic mass is 10.2. The van der Waals surface area contributed by atoms with Crippen molar-refractivity contribution >= 4 is 29.0 Å². The van der Waals surface area contributed by atoms with Crippen molar-refractivity contribution in [3.8, 4) is 10.7 Å². The fourth-order valence-electron chi connectivity index (χ4n) is 3.22. The third kappa shape index (κ3) is 5.29. The van der Waals surface area contributed by atoms with E-state index in [0.29, 0.717) is 12.3 Å². The highest BCUT2D eigenvalue weighted by Crippen LogP contribution is 2.27. The van der Waals surface area contributed by atoms with Crippen molar-refractivity contribution in [2.75, 3.05) is 25.4 Å². The predicted octanol–water partition coefficient (Wildman–Crippen LogP) is 3.91. The molecule has 1 unspecified atom stereocenters. The summed E-state index contributed by atoms with van der Waals surface area (Å²) in [6.45, 7) is 9.32. The summed E-state index contributed by atoms with van der Waals surface area (Å²) in [4.78, 5) is 15.8. The van der Waals surface area contributed by atoms with E-state index in [0.717, 1.165) is 41.3 Å². The van der Waals surface area contributed by atoms with Gasteiger partial charge in [-0.25, -0.2) is 0 Å². The van der Waals surface area contributed by atoms with Crippen LogP contribution >= 0.6 is 23.1 Å². The van der Waals surface area contributed by atoms with Crippen LogP contribution in [0.1, 0.15) is 32.6 Å². The number of aromatic nitrogens is 3. The number of nitrogens with zero attached hydrogens (tertiary/aromatic N) is 4. The fourth-order valence-corrected chi connectivity index (χ4v) is 4.76. The van der Waals surface area contributed by atoms with E-state index in [-0.39, 0.29) is 11.9 Å². The highest BCUT2D eigenvalue weighted by molar-refractivity contribution is 7.99. The molecule has 156 valence electrons. The number of nitrogens with one attached hydrogen (secondary N) is 1. The molecule has 7 nitrogen and oxygen atoms in total. The van der Waals surface area contributed by atoms with Crippen LogP contribution in [0, 0.1) is 0 Å². The number of furan rings is 1. The van der Waals surface area contributed by atoms with Crippen LogP contribution in [-0.2, 0) is 11.3 Å². The van der Waals surface area contributed by atoms with E-state index in [1.807, 2.05) is 34.2 Å². The first-order valence-electron chi connectivity index (χ1n) is 9.81. The van der Waals surface area contributed by atoms with Gasteiger partial charge in [0.15, 0.2) is 11.0 Å². The molecular formula is C20H27N5O2S2. The lowest BCUT2D eigenvalue weighted by Crippen LogP contribution is -2.38. The Balaban J connectivity index is 1.58. The first kappa shape index (κ1) is 21.6. The van der Waals surface area contributed by atoms with E-state index >= 15 is 0 Å². The fraction of sp³-hybridized carbons (Fsp3) is 0.450. The molecule has 3 aromatic heterocycles. The van der Waals surface area contributed by atoms with Gasteiger partial charge in [0.2, 0.25) is 5.91 Å². The second kappa shape index (κ2) is 10.6. The molecule has 3 heterocycles. The number of likely N-dealkylation sites (N-methyl/N-ethyl adjacent to an activating group) is 1. The van der Waals surface area contributed by atoms with Crippen molar-refractivity contribution in [1.29, 1.82) is 0 Å². The van der Waals surface area contributed by atoms with Gasteiger partial charge in [-0.3, -0.25) is 9.69 Å². The predicted molar refractivity (Wildman–Crippen MR) is 117 cm³/mol. The summed E-state index contributed by atoms with van der Waals surface area (Å²) >= 11 is 3.05. The van der Waals surface area contributed by atoms with Crippen molar-refractivity contribution in [2.24, 2.45) is 0 Å². The van der Waals surface area contributed by atoms with Gasteiger partial charge in [0.05, 0.1) is 22.9 Å². The first-order chi connectivity index (χ1) is 14.2. The number of thioether (sulfide) groups is 1. The Morgan fingerprint density at radius 1 is 1.28 bits per heavy atom. The van der Waals surface area contributed by atoms with Crippen LogP contribution in [0.5, 0.6) is 0 Å². The Labute approximate surface area is 179 Å². The average molecular weight is 434 g/mol. The maximum atomic E-state index is 12.5. The molecule has 29 heavy (non-hydrogen) atoms. The number of carbonyl (C=O) groups excluding carboxylic acids is 1. The molecule has 0 aliphatic carbocycles. The number of hydrogen-bond acceptors (Lipinski definition) is 7. The Morgan fingerprint density at radius 2 is 2.10 bits per heavy atom. The average Bonchev–Trinajstić information content (AvgIpc) is 3.50. The molecule has 0 bridgehead atoms. The highest BCUT2D eigenvalue weighted by Gasteiger charge is 2.21. The third-order valence-electron chi connectivity index (χ3n) is 4.72. The quantitative estimate of drug-likeness (QED) is 0.462. The van der Waals surface area contributed by atoms with Crippen LogP contribution in [0.2, 0.25) is 0 Å². The second-order valence-corrected chi connectivity index (χ2v) is 8.26. The monoisotopic (exact) mass is 433 g/mol. The minimum atomic E-state index is -0.0259. The summed E-state index contributed by atoms with van der Waals surface area (Å²) in [5, 5.41) is 14.4. The standard InChI is InChI=1S/C20H27N5O2S2/c1-4-24(5-2)15(16-9-7-11-27-16)13-21-18(26)14-29-20-23-22-19(25(20)6-3)17-10-8-12-28-17/h7-12,15H,4-6,13-14H2,1-3H3,(H,21,26). The summed E-state index contributed by atoms with van der Waals surface area (Å²) in [6.07, 6.45) is 1.67. The molecule has 3 rings (SSSR count). The molecule has 1 atom stereocenters. The van der Waals surface area contributed by atoms with Crippen LogP contribution in [0.4, 0.5) is 0 Å². The molecular weight excluding hydrogens is 406 g/mol. The number of carbonyl (C=O) groups is 1. The van der Waals surface area contributed by atoms with Crippen LogP contribution in [0.25, 0.3) is 10.7 Å². The van der Waals surface area contributed by atoms with Gasteiger partial charge in [0, 0.05) is 13.1 Å². The van der Waals surface area contributed by atoms with Gasteiger partial charge >= 0.3 is 0 Å². The van der Waals surface area contributed by atoms with Gasteiger partial charge in [-0.05, 0) is 43.6 Å². The molecule has 1 amide bonds. The minimum Gasteiger partial charge on any atom is -0.468 e. The van der Waals surface area contributed by atoms with E-state index in [1.54, 1.807) is 17.6 Å². The molecule has 0 aliphatic heterocycles. The lowest BCUT2D eigenvalue weighted by molar-refractivity contribution is -0.118. The zero-order valence-corrected chi connectivity index (χ0v) is 18.6. The van der Waals surface area contributed by atoms with E-state index in [4.69, 9.17) is 4.42 Å². The molecule has 0 aliphatic rings. The molecule has 3 aromatic rings.